The highest BCUT2D eigenvalue weighted by Crippen LogP contribution is 2.37. The summed E-state index contributed by atoms with van der Waals surface area (Å²) in [6.45, 7) is 0. The van der Waals surface area contributed by atoms with Gasteiger partial charge >= 0.3 is 7.60 Å². The van der Waals surface area contributed by atoms with Gasteiger partial charge in [-0.1, -0.05) is 25.3 Å². The van der Waals surface area contributed by atoms with Gasteiger partial charge < -0.3 is 9.79 Å². The summed E-state index contributed by atoms with van der Waals surface area (Å²) in [5.41, 5.74) is 0. The van der Waals surface area contributed by atoms with E-state index in [9.17, 15) is 4.57 Å². The Bertz CT molecular complexity index is 200. The summed E-state index contributed by atoms with van der Waals surface area (Å²) in [5.74, 6) is 1.44. The van der Waals surface area contributed by atoms with E-state index in [1.54, 1.807) is 6.08 Å². The van der Waals surface area contributed by atoms with Crippen LogP contribution in [-0.4, -0.2) is 9.79 Å². The molecule has 12 heavy (non-hydrogen) atoms. The molecule has 70 valence electrons. The van der Waals surface area contributed by atoms with Crippen LogP contribution in [0.2, 0.25) is 0 Å². The summed E-state index contributed by atoms with van der Waals surface area (Å²) in [5, 5.41) is 0. The molecular weight excluding hydrogens is 175 g/mol. The van der Waals surface area contributed by atoms with E-state index in [1.165, 1.54) is 19.3 Å². The molecule has 1 aliphatic carbocycles. The zero-order valence-electron chi connectivity index (χ0n) is 7.02. The quantitative estimate of drug-likeness (QED) is 0.656. The summed E-state index contributed by atoms with van der Waals surface area (Å²) < 4.78 is 10.5. The molecule has 0 spiro atoms. The van der Waals surface area contributed by atoms with Crippen molar-refractivity contribution in [3.8, 4) is 0 Å². The highest BCUT2D eigenvalue weighted by Gasteiger charge is 2.12. The minimum absolute atomic E-state index is 0.395. The zero-order valence-corrected chi connectivity index (χ0v) is 7.91. The van der Waals surface area contributed by atoms with Crippen LogP contribution in [0.1, 0.15) is 32.1 Å². The maximum atomic E-state index is 10.5. The zero-order chi connectivity index (χ0) is 9.03. The molecule has 0 amide bonds. The normalized spacial score (nSPS) is 21.8. The fourth-order valence-electron chi connectivity index (χ4n) is 1.56. The van der Waals surface area contributed by atoms with E-state index >= 15 is 0 Å². The van der Waals surface area contributed by atoms with Crippen LogP contribution >= 0.6 is 7.60 Å². The first-order valence-electron chi connectivity index (χ1n) is 4.32. The van der Waals surface area contributed by atoms with Crippen LogP contribution in [-0.2, 0) is 4.57 Å². The van der Waals surface area contributed by atoms with E-state index in [2.05, 4.69) is 0 Å². The fraction of sp³-hybridized carbons (Fsp3) is 0.750. The lowest BCUT2D eigenvalue weighted by Crippen LogP contribution is -2.02. The van der Waals surface area contributed by atoms with Crippen LogP contribution in [0.25, 0.3) is 0 Å². The molecule has 1 rings (SSSR count). The van der Waals surface area contributed by atoms with Crippen molar-refractivity contribution in [3.05, 3.63) is 11.9 Å². The van der Waals surface area contributed by atoms with Gasteiger partial charge in [-0.25, -0.2) is 0 Å². The molecule has 0 aliphatic heterocycles. The smallest absolute Gasteiger partial charge is 0.321 e. The van der Waals surface area contributed by atoms with Gasteiger partial charge in [0, 0.05) is 5.82 Å². The van der Waals surface area contributed by atoms with Gasteiger partial charge in [0.25, 0.3) is 0 Å². The van der Waals surface area contributed by atoms with Crippen LogP contribution in [0.4, 0.5) is 0 Å². The van der Waals surface area contributed by atoms with Gasteiger partial charge in [0.15, 0.2) is 0 Å². The van der Waals surface area contributed by atoms with Crippen molar-refractivity contribution in [2.24, 2.45) is 5.92 Å². The molecule has 0 aromatic carbocycles. The van der Waals surface area contributed by atoms with Crippen LogP contribution in [0.3, 0.4) is 0 Å². The molecule has 0 bridgehead atoms. The first-order chi connectivity index (χ1) is 5.58. The molecule has 0 radical (unpaired) electrons. The minimum atomic E-state index is -3.91. The van der Waals surface area contributed by atoms with E-state index in [4.69, 9.17) is 9.79 Å². The Kier molecular flexibility index (Phi) is 3.51. The Labute approximate surface area is 72.6 Å². The molecule has 2 N–H and O–H groups in total. The van der Waals surface area contributed by atoms with Crippen molar-refractivity contribution in [1.29, 1.82) is 0 Å². The van der Waals surface area contributed by atoms with Gasteiger partial charge in [-0.15, -0.1) is 0 Å². The van der Waals surface area contributed by atoms with Gasteiger partial charge in [0.2, 0.25) is 0 Å². The summed E-state index contributed by atoms with van der Waals surface area (Å²) in [7, 11) is -3.91. The lowest BCUT2D eigenvalue weighted by Gasteiger charge is -2.17. The minimum Gasteiger partial charge on any atom is -0.321 e. The van der Waals surface area contributed by atoms with Crippen LogP contribution in [0.15, 0.2) is 11.9 Å². The monoisotopic (exact) mass is 190 g/mol. The Morgan fingerprint density at radius 3 is 2.25 bits per heavy atom. The van der Waals surface area contributed by atoms with Crippen LogP contribution in [0.5, 0.6) is 0 Å². The summed E-state index contributed by atoms with van der Waals surface area (Å²) in [4.78, 5) is 17.1. The van der Waals surface area contributed by atoms with Gasteiger partial charge in [-0.05, 0) is 18.8 Å². The van der Waals surface area contributed by atoms with Crippen molar-refractivity contribution >= 4 is 7.60 Å². The average molecular weight is 190 g/mol. The molecular formula is C8H15O3P. The van der Waals surface area contributed by atoms with E-state index < -0.39 is 7.60 Å². The first kappa shape index (κ1) is 9.97. The number of allylic oxidation sites excluding steroid dienone is 1. The molecule has 0 atom stereocenters. The molecule has 0 aromatic rings. The molecule has 0 unspecified atom stereocenters. The maximum absolute atomic E-state index is 10.5. The van der Waals surface area contributed by atoms with Crippen molar-refractivity contribution < 1.29 is 14.4 Å². The molecule has 0 saturated heterocycles. The van der Waals surface area contributed by atoms with Gasteiger partial charge in [-0.3, -0.25) is 4.57 Å². The van der Waals surface area contributed by atoms with Gasteiger partial charge in [0.1, 0.15) is 0 Å². The van der Waals surface area contributed by atoms with Crippen molar-refractivity contribution in [2.45, 2.75) is 32.1 Å². The largest absolute Gasteiger partial charge is 0.348 e. The lowest BCUT2D eigenvalue weighted by atomic mass is 9.90. The lowest BCUT2D eigenvalue weighted by molar-refractivity contribution is 0.384. The molecule has 1 fully saturated rings. The SMILES string of the molecule is O=P(O)(O)/C=C/C1CCCCC1. The molecule has 1 aliphatic rings. The third kappa shape index (κ3) is 4.05. The van der Waals surface area contributed by atoms with Crippen LogP contribution in [0, 0.1) is 5.92 Å². The second-order valence-corrected chi connectivity index (χ2v) is 4.81. The first-order valence-corrected chi connectivity index (χ1v) is 6.01. The number of hydrogen-bond donors (Lipinski definition) is 2. The van der Waals surface area contributed by atoms with E-state index in [0.717, 1.165) is 18.7 Å². The predicted molar refractivity (Wildman–Crippen MR) is 47.8 cm³/mol. The molecule has 3 nitrogen and oxygen atoms in total. The predicted octanol–water partition coefficient (Wildman–Crippen LogP) is 2.26. The highest BCUT2D eigenvalue weighted by atomic mass is 31.2. The molecule has 0 aromatic heterocycles. The van der Waals surface area contributed by atoms with Crippen molar-refractivity contribution in [1.82, 2.24) is 0 Å². The third-order valence-electron chi connectivity index (χ3n) is 2.20. The van der Waals surface area contributed by atoms with E-state index in [-0.39, 0.29) is 0 Å². The van der Waals surface area contributed by atoms with Crippen molar-refractivity contribution in [2.75, 3.05) is 0 Å². The Morgan fingerprint density at radius 2 is 1.75 bits per heavy atom. The summed E-state index contributed by atoms with van der Waals surface area (Å²) in [6, 6.07) is 0. The Balaban J connectivity index is 2.39. The molecule has 1 saturated carbocycles. The summed E-state index contributed by atoms with van der Waals surface area (Å²) >= 11 is 0. The highest BCUT2D eigenvalue weighted by molar-refractivity contribution is 7.55. The Hall–Kier alpha value is -0.110. The Morgan fingerprint density at radius 1 is 1.17 bits per heavy atom. The van der Waals surface area contributed by atoms with Crippen LogP contribution < -0.4 is 0 Å². The summed E-state index contributed by atoms with van der Waals surface area (Å²) in [6.07, 6.45) is 7.49. The maximum Gasteiger partial charge on any atom is 0.348 e. The fourth-order valence-corrected chi connectivity index (χ4v) is 2.03. The topological polar surface area (TPSA) is 57.5 Å². The molecule has 4 heteroatoms. The third-order valence-corrected chi connectivity index (χ3v) is 2.76. The van der Waals surface area contributed by atoms with Gasteiger partial charge in [-0.2, -0.15) is 0 Å². The van der Waals surface area contributed by atoms with Gasteiger partial charge in [0.05, 0.1) is 0 Å². The average Bonchev–Trinajstić information content (AvgIpc) is 2.02. The number of hydrogen-bond acceptors (Lipinski definition) is 1. The second kappa shape index (κ2) is 4.22. The molecule has 0 heterocycles. The second-order valence-electron chi connectivity index (χ2n) is 3.33. The number of rotatable bonds is 2. The van der Waals surface area contributed by atoms with E-state index in [1.807, 2.05) is 0 Å². The van der Waals surface area contributed by atoms with E-state index in [0.29, 0.717) is 5.92 Å². The standard InChI is InChI=1S/C8H15O3P/c9-12(10,11)7-6-8-4-2-1-3-5-8/h6-8H,1-5H2,(H2,9,10,11)/b7-6+. The van der Waals surface area contributed by atoms with Crippen molar-refractivity contribution in [3.63, 3.8) is 0 Å².